The number of aromatic amines is 1. The Labute approximate surface area is 136 Å². The molecule has 1 aromatic heterocycles. The van der Waals surface area contributed by atoms with Crippen LogP contribution in [-0.4, -0.2) is 41.8 Å². The molecule has 23 heavy (non-hydrogen) atoms. The van der Waals surface area contributed by atoms with Gasteiger partial charge in [0.05, 0.1) is 18.8 Å². The number of aliphatic hydroxyl groups is 1. The summed E-state index contributed by atoms with van der Waals surface area (Å²) in [5.74, 6) is 0. The van der Waals surface area contributed by atoms with E-state index in [4.69, 9.17) is 9.16 Å². The number of nitrogens with zero attached hydrogens (tertiary/aromatic N) is 1. The highest BCUT2D eigenvalue weighted by atomic mass is 28.4. The predicted octanol–water partition coefficient (Wildman–Crippen LogP) is 1.21. The quantitative estimate of drug-likeness (QED) is 0.802. The fourth-order valence-electron chi connectivity index (χ4n) is 2.37. The summed E-state index contributed by atoms with van der Waals surface area (Å²) in [5.41, 5.74) is -0.991. The molecule has 1 aliphatic heterocycles. The van der Waals surface area contributed by atoms with Gasteiger partial charge in [0.2, 0.25) is 0 Å². The molecule has 2 N–H and O–H groups in total. The Morgan fingerprint density at radius 3 is 2.61 bits per heavy atom. The highest BCUT2D eigenvalue weighted by Crippen LogP contribution is 2.41. The van der Waals surface area contributed by atoms with Gasteiger partial charge in [0.15, 0.2) is 14.5 Å². The Bertz CT molecular complexity index is 661. The SMILES string of the molecule is CC(C)(C)[Si](C)(C)O[C@@H]1C[C@@H](CO)O[C@H]1n1ccc(=O)[nH]c1=O. The van der Waals surface area contributed by atoms with Gasteiger partial charge in [-0.2, -0.15) is 0 Å². The second-order valence-corrected chi connectivity index (χ2v) is 12.3. The van der Waals surface area contributed by atoms with Crippen LogP contribution in [0.3, 0.4) is 0 Å². The molecule has 1 fully saturated rings. The molecule has 0 radical (unpaired) electrons. The zero-order chi connectivity index (χ0) is 17.4. The van der Waals surface area contributed by atoms with Crippen LogP contribution < -0.4 is 11.2 Å². The van der Waals surface area contributed by atoms with Crippen LogP contribution >= 0.6 is 0 Å². The highest BCUT2D eigenvalue weighted by Gasteiger charge is 2.45. The summed E-state index contributed by atoms with van der Waals surface area (Å²) >= 11 is 0. The van der Waals surface area contributed by atoms with Crippen molar-refractivity contribution in [3.63, 3.8) is 0 Å². The average Bonchev–Trinajstić information content (AvgIpc) is 2.79. The molecule has 0 amide bonds. The zero-order valence-corrected chi connectivity index (χ0v) is 15.3. The molecule has 8 heteroatoms. The number of aromatic nitrogens is 2. The molecule has 3 atom stereocenters. The first-order chi connectivity index (χ1) is 10.5. The number of hydrogen-bond donors (Lipinski definition) is 2. The van der Waals surface area contributed by atoms with E-state index in [1.165, 1.54) is 16.8 Å². The number of nitrogens with one attached hydrogen (secondary N) is 1. The van der Waals surface area contributed by atoms with E-state index < -0.39 is 25.8 Å². The molecular formula is C15H26N2O5Si. The molecule has 1 aliphatic rings. The van der Waals surface area contributed by atoms with E-state index in [9.17, 15) is 14.7 Å². The fraction of sp³-hybridized carbons (Fsp3) is 0.733. The maximum atomic E-state index is 12.1. The van der Waals surface area contributed by atoms with Crippen molar-refractivity contribution in [1.29, 1.82) is 0 Å². The molecule has 0 unspecified atom stereocenters. The van der Waals surface area contributed by atoms with Gasteiger partial charge in [-0.05, 0) is 18.1 Å². The van der Waals surface area contributed by atoms with Crippen molar-refractivity contribution in [3.8, 4) is 0 Å². The van der Waals surface area contributed by atoms with Crippen molar-refractivity contribution < 1.29 is 14.3 Å². The number of aliphatic hydroxyl groups excluding tert-OH is 1. The average molecular weight is 342 g/mol. The monoisotopic (exact) mass is 342 g/mol. The van der Waals surface area contributed by atoms with Gasteiger partial charge in [-0.25, -0.2) is 4.79 Å². The summed E-state index contributed by atoms with van der Waals surface area (Å²) < 4.78 is 13.5. The largest absolute Gasteiger partial charge is 0.409 e. The summed E-state index contributed by atoms with van der Waals surface area (Å²) in [5, 5.41) is 9.42. The van der Waals surface area contributed by atoms with E-state index in [0.29, 0.717) is 6.42 Å². The van der Waals surface area contributed by atoms with Crippen LogP contribution in [0, 0.1) is 0 Å². The van der Waals surface area contributed by atoms with E-state index >= 15 is 0 Å². The number of ether oxygens (including phenoxy) is 1. The van der Waals surface area contributed by atoms with Crippen molar-refractivity contribution in [2.45, 2.75) is 63.8 Å². The van der Waals surface area contributed by atoms with Crippen LogP contribution in [0.25, 0.3) is 0 Å². The fourth-order valence-corrected chi connectivity index (χ4v) is 3.69. The van der Waals surface area contributed by atoms with Gasteiger partial charge in [0.25, 0.3) is 5.56 Å². The molecular weight excluding hydrogens is 316 g/mol. The molecule has 0 bridgehead atoms. The van der Waals surface area contributed by atoms with Crippen molar-refractivity contribution in [2.24, 2.45) is 0 Å². The molecule has 0 saturated carbocycles. The summed E-state index contributed by atoms with van der Waals surface area (Å²) in [6.07, 6.45) is 0.559. The minimum atomic E-state index is -2.06. The van der Waals surface area contributed by atoms with Crippen LogP contribution in [0.2, 0.25) is 18.1 Å². The summed E-state index contributed by atoms with van der Waals surface area (Å²) in [6.45, 7) is 10.5. The lowest BCUT2D eigenvalue weighted by molar-refractivity contribution is -0.0503. The lowest BCUT2D eigenvalue weighted by Crippen LogP contribution is -2.46. The van der Waals surface area contributed by atoms with E-state index in [1.807, 2.05) is 0 Å². The third-order valence-corrected chi connectivity index (χ3v) is 9.23. The normalized spacial score (nSPS) is 25.7. The van der Waals surface area contributed by atoms with E-state index in [2.05, 4.69) is 38.8 Å². The van der Waals surface area contributed by atoms with Crippen molar-refractivity contribution in [1.82, 2.24) is 9.55 Å². The molecule has 130 valence electrons. The third-order valence-electron chi connectivity index (χ3n) is 4.73. The lowest BCUT2D eigenvalue weighted by atomic mass is 10.2. The first kappa shape index (κ1) is 18.1. The van der Waals surface area contributed by atoms with Crippen molar-refractivity contribution >= 4 is 8.32 Å². The zero-order valence-electron chi connectivity index (χ0n) is 14.3. The van der Waals surface area contributed by atoms with Gasteiger partial charge in [0.1, 0.15) is 0 Å². The first-order valence-electron chi connectivity index (χ1n) is 7.81. The summed E-state index contributed by atoms with van der Waals surface area (Å²) in [7, 11) is -2.06. The number of H-pyrrole nitrogens is 1. The summed E-state index contributed by atoms with van der Waals surface area (Å²) in [6, 6.07) is 1.28. The van der Waals surface area contributed by atoms with Crippen LogP contribution in [-0.2, 0) is 9.16 Å². The molecule has 1 saturated heterocycles. The van der Waals surface area contributed by atoms with Gasteiger partial charge in [-0.3, -0.25) is 14.3 Å². The minimum absolute atomic E-state index is 0.0187. The Balaban J connectivity index is 2.32. The molecule has 0 spiro atoms. The van der Waals surface area contributed by atoms with Crippen LogP contribution in [0.15, 0.2) is 21.9 Å². The summed E-state index contributed by atoms with van der Waals surface area (Å²) in [4.78, 5) is 25.5. The topological polar surface area (TPSA) is 93.5 Å². The second kappa shape index (κ2) is 6.35. The van der Waals surface area contributed by atoms with E-state index in [0.717, 1.165) is 0 Å². The first-order valence-corrected chi connectivity index (χ1v) is 10.7. The third kappa shape index (κ3) is 3.82. The van der Waals surface area contributed by atoms with Crippen molar-refractivity contribution in [2.75, 3.05) is 6.61 Å². The van der Waals surface area contributed by atoms with Gasteiger partial charge in [-0.1, -0.05) is 20.8 Å². The maximum absolute atomic E-state index is 12.1. The van der Waals surface area contributed by atoms with Crippen LogP contribution in [0.5, 0.6) is 0 Å². The molecule has 0 aromatic carbocycles. The highest BCUT2D eigenvalue weighted by molar-refractivity contribution is 6.74. The van der Waals surface area contributed by atoms with Crippen LogP contribution in [0.4, 0.5) is 0 Å². The van der Waals surface area contributed by atoms with Gasteiger partial charge in [0, 0.05) is 18.7 Å². The standard InChI is InChI=1S/C15H26N2O5Si/c1-15(2,3)23(4,5)22-11-8-10(9-18)21-13(11)17-7-6-12(19)16-14(17)20/h6-7,10-11,13,18H,8-9H2,1-5H3,(H,16,19,20)/t10-,11+,13+/m0/s1. The smallest absolute Gasteiger partial charge is 0.330 e. The Morgan fingerprint density at radius 1 is 1.43 bits per heavy atom. The molecule has 1 aromatic rings. The lowest BCUT2D eigenvalue weighted by Gasteiger charge is -2.39. The molecule has 2 heterocycles. The minimum Gasteiger partial charge on any atom is -0.409 e. The van der Waals surface area contributed by atoms with E-state index in [-0.39, 0.29) is 23.9 Å². The molecule has 0 aliphatic carbocycles. The second-order valence-electron chi connectivity index (χ2n) is 7.50. The van der Waals surface area contributed by atoms with Crippen molar-refractivity contribution in [3.05, 3.63) is 33.1 Å². The van der Waals surface area contributed by atoms with E-state index in [1.54, 1.807) is 0 Å². The van der Waals surface area contributed by atoms with Gasteiger partial charge < -0.3 is 14.3 Å². The number of hydrogen-bond acceptors (Lipinski definition) is 5. The number of rotatable bonds is 4. The predicted molar refractivity (Wildman–Crippen MR) is 89.0 cm³/mol. The maximum Gasteiger partial charge on any atom is 0.330 e. The molecule has 7 nitrogen and oxygen atoms in total. The molecule has 2 rings (SSSR count). The Morgan fingerprint density at radius 2 is 2.09 bits per heavy atom. The van der Waals surface area contributed by atoms with Gasteiger partial charge >= 0.3 is 5.69 Å². The Hall–Kier alpha value is -1.22. The van der Waals surface area contributed by atoms with Gasteiger partial charge in [-0.15, -0.1) is 0 Å². The van der Waals surface area contributed by atoms with Crippen LogP contribution in [0.1, 0.15) is 33.4 Å². The Kier molecular flexibility index (Phi) is 5.00.